The zero-order chi connectivity index (χ0) is 12.8. The van der Waals surface area contributed by atoms with Gasteiger partial charge in [0.25, 0.3) is 0 Å². The molecule has 0 aromatic rings. The number of carbonyl (C=O) groups excluding carboxylic acids is 1. The van der Waals surface area contributed by atoms with Gasteiger partial charge in [-0.05, 0) is 17.8 Å². The van der Waals surface area contributed by atoms with E-state index in [0.717, 1.165) is 24.8 Å². The summed E-state index contributed by atoms with van der Waals surface area (Å²) in [6.07, 6.45) is 1.69. The average molecular weight is 292 g/mol. The fraction of sp³-hybridized carbons (Fsp3) is 0.923. The van der Waals surface area contributed by atoms with E-state index in [1.807, 2.05) is 4.90 Å². The number of carbonyl (C=O) groups is 1. The minimum atomic E-state index is 0.210. The summed E-state index contributed by atoms with van der Waals surface area (Å²) in [5.74, 6) is 0.721. The number of nitrogens with zero attached hydrogens (tertiary/aromatic N) is 1. The summed E-state index contributed by atoms with van der Waals surface area (Å²) < 4.78 is 0. The maximum absolute atomic E-state index is 12.1. The van der Waals surface area contributed by atoms with Crippen LogP contribution < -0.4 is 0 Å². The van der Waals surface area contributed by atoms with Crippen LogP contribution in [0.4, 0.5) is 0 Å². The molecular formula is C13H26BrNO. The van der Waals surface area contributed by atoms with Gasteiger partial charge in [-0.25, -0.2) is 0 Å². The molecule has 0 fully saturated rings. The van der Waals surface area contributed by atoms with Crippen LogP contribution in [0.5, 0.6) is 0 Å². The molecule has 1 atom stereocenters. The van der Waals surface area contributed by atoms with E-state index in [-0.39, 0.29) is 5.41 Å². The Morgan fingerprint density at radius 3 is 2.25 bits per heavy atom. The monoisotopic (exact) mass is 291 g/mol. The Kier molecular flexibility index (Phi) is 7.29. The minimum Gasteiger partial charge on any atom is -0.342 e. The highest BCUT2D eigenvalue weighted by Gasteiger charge is 2.24. The number of amides is 1. The van der Waals surface area contributed by atoms with Crippen molar-refractivity contribution in [2.45, 2.75) is 47.5 Å². The fourth-order valence-corrected chi connectivity index (χ4v) is 1.86. The first-order valence-electron chi connectivity index (χ1n) is 6.16. The number of alkyl halides is 1. The molecular weight excluding hydrogens is 266 g/mol. The third kappa shape index (κ3) is 5.88. The second-order valence-corrected chi connectivity index (χ2v) is 6.33. The van der Waals surface area contributed by atoms with E-state index in [1.165, 1.54) is 0 Å². The summed E-state index contributed by atoms with van der Waals surface area (Å²) in [5.41, 5.74) is 0.210. The van der Waals surface area contributed by atoms with Gasteiger partial charge in [0.05, 0.1) is 0 Å². The van der Waals surface area contributed by atoms with E-state index in [1.54, 1.807) is 0 Å². The van der Waals surface area contributed by atoms with Crippen molar-refractivity contribution in [1.29, 1.82) is 0 Å². The third-order valence-electron chi connectivity index (χ3n) is 3.16. The molecule has 0 rings (SSSR count). The summed E-state index contributed by atoms with van der Waals surface area (Å²) >= 11 is 3.40. The van der Waals surface area contributed by atoms with Gasteiger partial charge in [0.1, 0.15) is 0 Å². The molecule has 0 aromatic heterocycles. The molecule has 96 valence electrons. The molecule has 0 radical (unpaired) electrons. The van der Waals surface area contributed by atoms with Gasteiger partial charge in [0.2, 0.25) is 5.91 Å². The molecule has 0 bridgehead atoms. The number of halogens is 1. The summed E-state index contributed by atoms with van der Waals surface area (Å²) in [6.45, 7) is 12.6. The smallest absolute Gasteiger partial charge is 0.222 e. The average Bonchev–Trinajstić information content (AvgIpc) is 2.15. The van der Waals surface area contributed by atoms with Crippen molar-refractivity contribution >= 4 is 21.8 Å². The van der Waals surface area contributed by atoms with Crippen LogP contribution in [0.1, 0.15) is 47.5 Å². The Bertz CT molecular complexity index is 204. The molecule has 16 heavy (non-hydrogen) atoms. The lowest BCUT2D eigenvalue weighted by molar-refractivity contribution is -0.132. The topological polar surface area (TPSA) is 20.3 Å². The predicted octanol–water partition coefficient (Wildman–Crippen LogP) is 3.69. The molecule has 0 N–H and O–H groups in total. The lowest BCUT2D eigenvalue weighted by atomic mass is 9.80. The van der Waals surface area contributed by atoms with Crippen LogP contribution in [-0.2, 0) is 4.79 Å². The van der Waals surface area contributed by atoms with Gasteiger partial charge in [-0.3, -0.25) is 4.79 Å². The van der Waals surface area contributed by atoms with Gasteiger partial charge >= 0.3 is 0 Å². The molecule has 0 aromatic carbocycles. The van der Waals surface area contributed by atoms with E-state index in [2.05, 4.69) is 50.5 Å². The number of hydrogen-bond acceptors (Lipinski definition) is 1. The first kappa shape index (κ1) is 16.0. The quantitative estimate of drug-likeness (QED) is 0.684. The zero-order valence-corrected chi connectivity index (χ0v) is 12.9. The molecule has 3 heteroatoms. The van der Waals surface area contributed by atoms with Gasteiger partial charge in [-0.2, -0.15) is 0 Å². The van der Waals surface area contributed by atoms with Crippen LogP contribution in [-0.4, -0.2) is 29.2 Å². The van der Waals surface area contributed by atoms with E-state index in [0.29, 0.717) is 18.2 Å². The Hall–Kier alpha value is -0.0500. The Labute approximate surface area is 109 Å². The van der Waals surface area contributed by atoms with Gasteiger partial charge in [0, 0.05) is 24.8 Å². The van der Waals surface area contributed by atoms with Crippen LogP contribution in [0, 0.1) is 11.3 Å². The summed E-state index contributed by atoms with van der Waals surface area (Å²) in [6, 6.07) is 0. The SMILES string of the molecule is CCCN(CCBr)C(=O)CC(C)C(C)(C)C. The van der Waals surface area contributed by atoms with Gasteiger partial charge in [-0.1, -0.05) is 50.5 Å². The highest BCUT2D eigenvalue weighted by molar-refractivity contribution is 9.09. The number of rotatable bonds is 6. The van der Waals surface area contributed by atoms with Crippen LogP contribution >= 0.6 is 15.9 Å². The predicted molar refractivity (Wildman–Crippen MR) is 73.9 cm³/mol. The molecule has 0 aliphatic carbocycles. The third-order valence-corrected chi connectivity index (χ3v) is 3.51. The van der Waals surface area contributed by atoms with Crippen molar-refractivity contribution in [3.63, 3.8) is 0 Å². The fourth-order valence-electron chi connectivity index (χ4n) is 1.43. The van der Waals surface area contributed by atoms with Crippen LogP contribution in [0.25, 0.3) is 0 Å². The van der Waals surface area contributed by atoms with Crippen LogP contribution in [0.3, 0.4) is 0 Å². The van der Waals surface area contributed by atoms with Crippen LogP contribution in [0.2, 0.25) is 0 Å². The Morgan fingerprint density at radius 2 is 1.88 bits per heavy atom. The zero-order valence-electron chi connectivity index (χ0n) is 11.3. The van der Waals surface area contributed by atoms with Crippen LogP contribution in [0.15, 0.2) is 0 Å². The second-order valence-electron chi connectivity index (χ2n) is 5.54. The first-order chi connectivity index (χ1) is 7.32. The van der Waals surface area contributed by atoms with E-state index >= 15 is 0 Å². The molecule has 0 saturated carbocycles. The van der Waals surface area contributed by atoms with Gasteiger partial charge in [-0.15, -0.1) is 0 Å². The maximum atomic E-state index is 12.1. The Balaban J connectivity index is 4.29. The van der Waals surface area contributed by atoms with Gasteiger partial charge < -0.3 is 4.90 Å². The summed E-state index contributed by atoms with van der Waals surface area (Å²) in [7, 11) is 0. The molecule has 0 aliphatic rings. The highest BCUT2D eigenvalue weighted by Crippen LogP contribution is 2.28. The van der Waals surface area contributed by atoms with Crippen molar-refractivity contribution in [2.75, 3.05) is 18.4 Å². The highest BCUT2D eigenvalue weighted by atomic mass is 79.9. The van der Waals surface area contributed by atoms with E-state index < -0.39 is 0 Å². The molecule has 2 nitrogen and oxygen atoms in total. The summed E-state index contributed by atoms with van der Waals surface area (Å²) in [4.78, 5) is 14.1. The first-order valence-corrected chi connectivity index (χ1v) is 7.28. The standard InChI is InChI=1S/C13H26BrNO/c1-6-8-15(9-7-14)12(16)10-11(2)13(3,4)5/h11H,6-10H2,1-5H3. The minimum absolute atomic E-state index is 0.210. The molecule has 1 amide bonds. The normalized spacial score (nSPS) is 13.6. The van der Waals surface area contributed by atoms with E-state index in [9.17, 15) is 4.79 Å². The lowest BCUT2D eigenvalue weighted by Crippen LogP contribution is -2.36. The summed E-state index contributed by atoms with van der Waals surface area (Å²) in [5, 5.41) is 0.864. The molecule has 0 aliphatic heterocycles. The van der Waals surface area contributed by atoms with Crippen molar-refractivity contribution < 1.29 is 4.79 Å². The number of hydrogen-bond donors (Lipinski definition) is 0. The van der Waals surface area contributed by atoms with E-state index in [4.69, 9.17) is 0 Å². The van der Waals surface area contributed by atoms with Crippen molar-refractivity contribution in [3.05, 3.63) is 0 Å². The van der Waals surface area contributed by atoms with Crippen molar-refractivity contribution in [3.8, 4) is 0 Å². The largest absolute Gasteiger partial charge is 0.342 e. The maximum Gasteiger partial charge on any atom is 0.222 e. The van der Waals surface area contributed by atoms with Crippen molar-refractivity contribution in [2.24, 2.45) is 11.3 Å². The molecule has 0 saturated heterocycles. The molecule has 1 unspecified atom stereocenters. The van der Waals surface area contributed by atoms with Crippen molar-refractivity contribution in [1.82, 2.24) is 4.90 Å². The lowest BCUT2D eigenvalue weighted by Gasteiger charge is -2.29. The second kappa shape index (κ2) is 7.31. The molecule has 0 heterocycles. The Morgan fingerprint density at radius 1 is 1.31 bits per heavy atom. The van der Waals surface area contributed by atoms with Gasteiger partial charge in [0.15, 0.2) is 0 Å². The molecule has 0 spiro atoms.